The Balaban J connectivity index is 1.94. The molecule has 1 aromatic carbocycles. The van der Waals surface area contributed by atoms with E-state index in [2.05, 4.69) is 32.9 Å². The SMILES string of the molecule is CCc1ccc2c(C[NH+]3C[C@H](C)C[C@@H](C)C3)cc(=O)oc2c1. The van der Waals surface area contributed by atoms with Gasteiger partial charge in [0.1, 0.15) is 12.1 Å². The maximum absolute atomic E-state index is 11.9. The second-order valence-electron chi connectivity index (χ2n) is 7.06. The van der Waals surface area contributed by atoms with Gasteiger partial charge in [0.15, 0.2) is 0 Å². The molecule has 2 atom stereocenters. The van der Waals surface area contributed by atoms with Gasteiger partial charge in [-0.05, 0) is 24.5 Å². The van der Waals surface area contributed by atoms with E-state index < -0.39 is 0 Å². The minimum Gasteiger partial charge on any atom is -0.423 e. The van der Waals surface area contributed by atoms with E-state index in [4.69, 9.17) is 4.42 Å². The highest BCUT2D eigenvalue weighted by Crippen LogP contribution is 2.19. The van der Waals surface area contributed by atoms with E-state index in [-0.39, 0.29) is 5.63 Å². The van der Waals surface area contributed by atoms with Crippen LogP contribution in [-0.2, 0) is 13.0 Å². The van der Waals surface area contributed by atoms with Crippen LogP contribution in [-0.4, -0.2) is 13.1 Å². The summed E-state index contributed by atoms with van der Waals surface area (Å²) in [5, 5.41) is 1.09. The number of quaternary nitrogens is 1. The van der Waals surface area contributed by atoms with E-state index in [9.17, 15) is 4.79 Å². The molecule has 1 aliphatic heterocycles. The zero-order chi connectivity index (χ0) is 15.7. The number of piperidine rings is 1. The third-order valence-corrected chi connectivity index (χ3v) is 4.82. The number of hydrogen-bond donors (Lipinski definition) is 1. The van der Waals surface area contributed by atoms with E-state index >= 15 is 0 Å². The van der Waals surface area contributed by atoms with E-state index in [1.165, 1.54) is 25.1 Å². The molecule has 1 N–H and O–H groups in total. The van der Waals surface area contributed by atoms with Crippen molar-refractivity contribution in [2.24, 2.45) is 11.8 Å². The maximum atomic E-state index is 11.9. The highest BCUT2D eigenvalue weighted by atomic mass is 16.4. The molecule has 1 fully saturated rings. The van der Waals surface area contributed by atoms with Crippen LogP contribution in [0.1, 0.15) is 38.3 Å². The summed E-state index contributed by atoms with van der Waals surface area (Å²) in [7, 11) is 0. The van der Waals surface area contributed by atoms with E-state index in [0.29, 0.717) is 0 Å². The Morgan fingerprint density at radius 3 is 2.59 bits per heavy atom. The third-order valence-electron chi connectivity index (χ3n) is 4.82. The van der Waals surface area contributed by atoms with Gasteiger partial charge in [0.25, 0.3) is 0 Å². The van der Waals surface area contributed by atoms with Crippen LogP contribution in [0.2, 0.25) is 0 Å². The molecule has 1 aliphatic rings. The highest BCUT2D eigenvalue weighted by Gasteiger charge is 2.25. The molecule has 1 saturated heterocycles. The van der Waals surface area contributed by atoms with Crippen LogP contribution in [0.15, 0.2) is 33.5 Å². The summed E-state index contributed by atoms with van der Waals surface area (Å²) in [6, 6.07) is 7.95. The monoisotopic (exact) mass is 300 g/mol. The second kappa shape index (κ2) is 6.25. The first-order chi connectivity index (χ1) is 10.5. The summed E-state index contributed by atoms with van der Waals surface area (Å²) in [4.78, 5) is 13.5. The molecule has 22 heavy (non-hydrogen) atoms. The number of rotatable bonds is 3. The van der Waals surface area contributed by atoms with E-state index in [1.54, 1.807) is 11.0 Å². The molecular formula is C19H26NO2+. The van der Waals surface area contributed by atoms with Crippen molar-refractivity contribution in [3.8, 4) is 0 Å². The summed E-state index contributed by atoms with van der Waals surface area (Å²) in [5.74, 6) is 1.52. The number of likely N-dealkylation sites (tertiary alicyclic amines) is 1. The fourth-order valence-electron chi connectivity index (χ4n) is 3.98. The summed E-state index contributed by atoms with van der Waals surface area (Å²) >= 11 is 0. The predicted octanol–water partition coefficient (Wildman–Crippen LogP) is 2.42. The van der Waals surface area contributed by atoms with Crippen molar-refractivity contribution in [2.75, 3.05) is 13.1 Å². The van der Waals surface area contributed by atoms with Crippen molar-refractivity contribution in [1.29, 1.82) is 0 Å². The molecule has 0 radical (unpaired) electrons. The first kappa shape index (κ1) is 15.3. The van der Waals surface area contributed by atoms with Gasteiger partial charge in [0.2, 0.25) is 0 Å². The lowest BCUT2D eigenvalue weighted by molar-refractivity contribution is -0.925. The van der Waals surface area contributed by atoms with Crippen molar-refractivity contribution in [3.63, 3.8) is 0 Å². The number of aryl methyl sites for hydroxylation is 1. The first-order valence-electron chi connectivity index (χ1n) is 8.44. The van der Waals surface area contributed by atoms with Gasteiger partial charge in [0, 0.05) is 28.9 Å². The summed E-state index contributed by atoms with van der Waals surface area (Å²) in [6.07, 6.45) is 2.28. The minimum absolute atomic E-state index is 0.228. The van der Waals surface area contributed by atoms with Gasteiger partial charge in [0.05, 0.1) is 13.1 Å². The van der Waals surface area contributed by atoms with Crippen molar-refractivity contribution >= 4 is 11.0 Å². The van der Waals surface area contributed by atoms with Crippen LogP contribution in [0.4, 0.5) is 0 Å². The Morgan fingerprint density at radius 1 is 1.18 bits per heavy atom. The molecule has 0 unspecified atom stereocenters. The minimum atomic E-state index is -0.228. The van der Waals surface area contributed by atoms with E-state index in [0.717, 1.165) is 41.3 Å². The summed E-state index contributed by atoms with van der Waals surface area (Å²) in [5.41, 5.74) is 2.85. The smallest absolute Gasteiger partial charge is 0.336 e. The topological polar surface area (TPSA) is 34.7 Å². The molecule has 2 aromatic rings. The van der Waals surface area contributed by atoms with Crippen LogP contribution in [0.5, 0.6) is 0 Å². The maximum Gasteiger partial charge on any atom is 0.336 e. The lowest BCUT2D eigenvalue weighted by Gasteiger charge is -2.32. The zero-order valence-corrected chi connectivity index (χ0v) is 13.8. The number of benzene rings is 1. The zero-order valence-electron chi connectivity index (χ0n) is 13.8. The van der Waals surface area contributed by atoms with Gasteiger partial charge in [-0.15, -0.1) is 0 Å². The second-order valence-corrected chi connectivity index (χ2v) is 7.06. The third kappa shape index (κ3) is 3.25. The average Bonchev–Trinajstić information content (AvgIpc) is 2.45. The number of nitrogens with one attached hydrogen (secondary N) is 1. The molecule has 0 bridgehead atoms. The van der Waals surface area contributed by atoms with Crippen molar-refractivity contribution in [1.82, 2.24) is 0 Å². The summed E-state index contributed by atoms with van der Waals surface area (Å²) < 4.78 is 5.41. The largest absolute Gasteiger partial charge is 0.423 e. The van der Waals surface area contributed by atoms with Gasteiger partial charge in [-0.25, -0.2) is 4.79 Å². The van der Waals surface area contributed by atoms with Gasteiger partial charge >= 0.3 is 5.63 Å². The Labute approximate surface area is 131 Å². The molecule has 3 rings (SSSR count). The quantitative estimate of drug-likeness (QED) is 0.884. The average molecular weight is 300 g/mol. The van der Waals surface area contributed by atoms with Crippen LogP contribution in [0.25, 0.3) is 11.0 Å². The molecule has 0 aliphatic carbocycles. The lowest BCUT2D eigenvalue weighted by atomic mass is 9.91. The van der Waals surface area contributed by atoms with Crippen LogP contribution in [0, 0.1) is 11.8 Å². The molecule has 3 nitrogen and oxygen atoms in total. The normalized spacial score (nSPS) is 25.5. The van der Waals surface area contributed by atoms with E-state index in [1.807, 2.05) is 6.07 Å². The first-order valence-corrected chi connectivity index (χ1v) is 8.44. The Bertz CT molecular complexity index is 709. The molecule has 3 heteroatoms. The molecule has 1 aromatic heterocycles. The van der Waals surface area contributed by atoms with Crippen molar-refractivity contribution in [3.05, 3.63) is 45.8 Å². The molecule has 2 heterocycles. The molecule has 0 amide bonds. The van der Waals surface area contributed by atoms with Gasteiger partial charge < -0.3 is 9.32 Å². The predicted molar refractivity (Wildman–Crippen MR) is 89.2 cm³/mol. The Morgan fingerprint density at radius 2 is 1.91 bits per heavy atom. The Kier molecular flexibility index (Phi) is 4.34. The lowest BCUT2D eigenvalue weighted by Crippen LogP contribution is -3.13. The Hall–Kier alpha value is -1.61. The van der Waals surface area contributed by atoms with Gasteiger partial charge in [-0.2, -0.15) is 0 Å². The van der Waals surface area contributed by atoms with Crippen LogP contribution in [0.3, 0.4) is 0 Å². The van der Waals surface area contributed by atoms with Crippen molar-refractivity contribution in [2.45, 2.75) is 40.2 Å². The molecular weight excluding hydrogens is 274 g/mol. The fourth-order valence-corrected chi connectivity index (χ4v) is 3.98. The molecule has 0 spiro atoms. The summed E-state index contributed by atoms with van der Waals surface area (Å²) in [6.45, 7) is 10.1. The van der Waals surface area contributed by atoms with Crippen LogP contribution < -0.4 is 10.5 Å². The highest BCUT2D eigenvalue weighted by molar-refractivity contribution is 5.80. The van der Waals surface area contributed by atoms with Crippen LogP contribution >= 0.6 is 0 Å². The fraction of sp³-hybridized carbons (Fsp3) is 0.526. The number of fused-ring (bicyclic) bond motifs is 1. The van der Waals surface area contributed by atoms with Crippen molar-refractivity contribution < 1.29 is 9.32 Å². The number of hydrogen-bond acceptors (Lipinski definition) is 2. The van der Waals surface area contributed by atoms with Gasteiger partial charge in [-0.3, -0.25) is 0 Å². The standard InChI is InChI=1S/C19H25NO2/c1-4-15-5-6-17-16(9-19(21)22-18(17)8-15)12-20-10-13(2)7-14(3)11-20/h5-6,8-9,13-14H,4,7,10-12H2,1-3H3/p+1/t13-,14-/m1/s1. The van der Waals surface area contributed by atoms with Gasteiger partial charge in [-0.1, -0.05) is 32.9 Å². The molecule has 0 saturated carbocycles. The molecule has 118 valence electrons.